The number of benzene rings is 1. The van der Waals surface area contributed by atoms with E-state index in [0.29, 0.717) is 6.42 Å². The van der Waals surface area contributed by atoms with Crippen LogP contribution in [-0.2, 0) is 6.18 Å². The Morgan fingerprint density at radius 3 is 2.52 bits per heavy atom. The molecule has 0 radical (unpaired) electrons. The topological polar surface area (TPSA) is 45.9 Å². The molecule has 0 saturated heterocycles. The molecule has 0 amide bonds. The summed E-state index contributed by atoms with van der Waals surface area (Å²) >= 11 is 0. The van der Waals surface area contributed by atoms with Crippen LogP contribution >= 0.6 is 0 Å². The molecule has 1 atom stereocenters. The Morgan fingerprint density at radius 1 is 1.26 bits per heavy atom. The Balaban J connectivity index is 2.31. The molecule has 1 aromatic carbocycles. The highest BCUT2D eigenvalue weighted by Crippen LogP contribution is 2.35. The molecule has 0 saturated carbocycles. The average molecular weight is 320 g/mol. The zero-order valence-corrected chi connectivity index (χ0v) is 12.7. The van der Waals surface area contributed by atoms with Crippen LogP contribution in [0.3, 0.4) is 0 Å². The fourth-order valence-electron chi connectivity index (χ4n) is 2.15. The molecule has 0 aliphatic carbocycles. The van der Waals surface area contributed by atoms with Crippen LogP contribution in [0.25, 0.3) is 0 Å². The summed E-state index contributed by atoms with van der Waals surface area (Å²) in [5.41, 5.74) is 0.224. The number of aromatic nitrogens is 1. The first kappa shape index (κ1) is 16.8. The van der Waals surface area contributed by atoms with E-state index >= 15 is 0 Å². The Hall–Kier alpha value is -2.55. The first-order valence-corrected chi connectivity index (χ1v) is 7.05. The van der Waals surface area contributed by atoms with Crippen molar-refractivity contribution in [1.82, 2.24) is 4.98 Å². The molecule has 120 valence electrons. The van der Waals surface area contributed by atoms with Crippen molar-refractivity contribution in [3.8, 4) is 11.8 Å². The lowest BCUT2D eigenvalue weighted by molar-refractivity contribution is -0.137. The molecule has 0 N–H and O–H groups in total. The van der Waals surface area contributed by atoms with E-state index in [0.717, 1.165) is 23.4 Å². The van der Waals surface area contributed by atoms with Crippen molar-refractivity contribution in [2.75, 3.05) is 0 Å². The van der Waals surface area contributed by atoms with Gasteiger partial charge in [-0.2, -0.15) is 18.4 Å². The van der Waals surface area contributed by atoms with Gasteiger partial charge in [-0.1, -0.05) is 13.0 Å². The molecule has 2 rings (SSSR count). The van der Waals surface area contributed by atoms with Gasteiger partial charge in [0.1, 0.15) is 11.9 Å². The van der Waals surface area contributed by atoms with E-state index in [-0.39, 0.29) is 5.75 Å². The van der Waals surface area contributed by atoms with Crippen molar-refractivity contribution < 1.29 is 17.9 Å². The van der Waals surface area contributed by atoms with Gasteiger partial charge >= 0.3 is 6.18 Å². The van der Waals surface area contributed by atoms with Crippen LogP contribution in [0.5, 0.6) is 5.75 Å². The van der Waals surface area contributed by atoms with Crippen LogP contribution in [0, 0.1) is 18.3 Å². The third-order valence-corrected chi connectivity index (χ3v) is 3.37. The van der Waals surface area contributed by atoms with Crippen LogP contribution in [0.15, 0.2) is 36.5 Å². The summed E-state index contributed by atoms with van der Waals surface area (Å²) in [6.07, 6.45) is -2.78. The Kier molecular flexibility index (Phi) is 4.89. The third-order valence-electron chi connectivity index (χ3n) is 3.37. The molecule has 0 aliphatic heterocycles. The number of nitrogens with zero attached hydrogens (tertiary/aromatic N) is 2. The maximum Gasteiger partial charge on any atom is 0.417 e. The highest BCUT2D eigenvalue weighted by atomic mass is 19.4. The van der Waals surface area contributed by atoms with Gasteiger partial charge in [0.05, 0.1) is 17.2 Å². The van der Waals surface area contributed by atoms with Gasteiger partial charge < -0.3 is 4.74 Å². The number of halogens is 3. The molecule has 0 fully saturated rings. The predicted molar refractivity (Wildman–Crippen MR) is 78.8 cm³/mol. The standard InChI is InChI=1S/C17H15F3N2O/c1-3-16(13-5-4-11(2)22-10-13)23-14-7-6-12(9-21)15(8-14)17(18,19)20/h4-8,10,16H,3H2,1-2H3. The number of alkyl halides is 3. The van der Waals surface area contributed by atoms with Gasteiger partial charge in [0.25, 0.3) is 0 Å². The van der Waals surface area contributed by atoms with Crippen molar-refractivity contribution >= 4 is 0 Å². The molecular weight excluding hydrogens is 305 g/mol. The van der Waals surface area contributed by atoms with Gasteiger partial charge in [0.15, 0.2) is 0 Å². The second kappa shape index (κ2) is 6.69. The lowest BCUT2D eigenvalue weighted by Gasteiger charge is -2.19. The van der Waals surface area contributed by atoms with E-state index in [1.54, 1.807) is 12.3 Å². The monoisotopic (exact) mass is 320 g/mol. The number of rotatable bonds is 4. The zero-order chi connectivity index (χ0) is 17.0. The first-order valence-electron chi connectivity index (χ1n) is 7.05. The van der Waals surface area contributed by atoms with Gasteiger partial charge in [-0.3, -0.25) is 4.98 Å². The zero-order valence-electron chi connectivity index (χ0n) is 12.7. The highest BCUT2D eigenvalue weighted by molar-refractivity contribution is 5.44. The third kappa shape index (κ3) is 4.01. The maximum atomic E-state index is 13.0. The largest absolute Gasteiger partial charge is 0.486 e. The molecule has 1 aromatic heterocycles. The van der Waals surface area contributed by atoms with E-state index < -0.39 is 23.4 Å². The Morgan fingerprint density at radius 2 is 2.00 bits per heavy atom. The van der Waals surface area contributed by atoms with Crippen LogP contribution in [-0.4, -0.2) is 4.98 Å². The van der Waals surface area contributed by atoms with Crippen molar-refractivity contribution in [1.29, 1.82) is 5.26 Å². The summed E-state index contributed by atoms with van der Waals surface area (Å²) in [6.45, 7) is 3.72. The van der Waals surface area contributed by atoms with Gasteiger partial charge in [0, 0.05) is 17.5 Å². The number of hydrogen-bond donors (Lipinski definition) is 0. The molecule has 1 heterocycles. The number of nitriles is 1. The molecule has 0 spiro atoms. The predicted octanol–water partition coefficient (Wildman–Crippen LogP) is 4.81. The number of hydrogen-bond acceptors (Lipinski definition) is 3. The summed E-state index contributed by atoms with van der Waals surface area (Å²) in [4.78, 5) is 4.17. The number of ether oxygens (including phenoxy) is 1. The van der Waals surface area contributed by atoms with Crippen LogP contribution < -0.4 is 4.74 Å². The van der Waals surface area contributed by atoms with Crippen LogP contribution in [0.1, 0.15) is 41.8 Å². The molecule has 1 unspecified atom stereocenters. The molecule has 3 nitrogen and oxygen atoms in total. The second-order valence-electron chi connectivity index (χ2n) is 5.06. The Labute approximate surface area is 132 Å². The lowest BCUT2D eigenvalue weighted by Crippen LogP contribution is -2.10. The Bertz CT molecular complexity index is 718. The number of aryl methyl sites for hydroxylation is 1. The lowest BCUT2D eigenvalue weighted by atomic mass is 10.1. The molecular formula is C17H15F3N2O. The summed E-state index contributed by atoms with van der Waals surface area (Å²) < 4.78 is 44.6. The fourth-order valence-corrected chi connectivity index (χ4v) is 2.15. The molecule has 0 bridgehead atoms. The minimum atomic E-state index is -4.60. The minimum absolute atomic E-state index is 0.0729. The van der Waals surface area contributed by atoms with Crippen LogP contribution in [0.2, 0.25) is 0 Å². The van der Waals surface area contributed by atoms with Gasteiger partial charge in [-0.15, -0.1) is 0 Å². The molecule has 6 heteroatoms. The second-order valence-corrected chi connectivity index (χ2v) is 5.06. The smallest absolute Gasteiger partial charge is 0.417 e. The molecule has 23 heavy (non-hydrogen) atoms. The fraction of sp³-hybridized carbons (Fsp3) is 0.294. The maximum absolute atomic E-state index is 13.0. The van der Waals surface area contributed by atoms with E-state index in [2.05, 4.69) is 4.98 Å². The first-order chi connectivity index (χ1) is 10.8. The van der Waals surface area contributed by atoms with Crippen molar-refractivity contribution in [3.05, 3.63) is 58.9 Å². The average Bonchev–Trinajstić information content (AvgIpc) is 2.52. The van der Waals surface area contributed by atoms with Crippen LogP contribution in [0.4, 0.5) is 13.2 Å². The van der Waals surface area contributed by atoms with Gasteiger partial charge in [-0.25, -0.2) is 0 Å². The van der Waals surface area contributed by atoms with E-state index in [1.165, 1.54) is 6.07 Å². The van der Waals surface area contributed by atoms with Gasteiger partial charge in [0.2, 0.25) is 0 Å². The van der Waals surface area contributed by atoms with Crippen molar-refractivity contribution in [2.45, 2.75) is 32.5 Å². The highest BCUT2D eigenvalue weighted by Gasteiger charge is 2.34. The minimum Gasteiger partial charge on any atom is -0.486 e. The SMILES string of the molecule is CCC(Oc1ccc(C#N)c(C(F)(F)F)c1)c1ccc(C)nc1. The van der Waals surface area contributed by atoms with E-state index in [1.807, 2.05) is 26.0 Å². The summed E-state index contributed by atoms with van der Waals surface area (Å²) in [5.74, 6) is 0.0729. The van der Waals surface area contributed by atoms with Crippen molar-refractivity contribution in [3.63, 3.8) is 0 Å². The molecule has 0 aliphatic rings. The molecule has 2 aromatic rings. The normalized spacial score (nSPS) is 12.5. The summed E-state index contributed by atoms with van der Waals surface area (Å²) in [7, 11) is 0. The number of pyridine rings is 1. The van der Waals surface area contributed by atoms with E-state index in [9.17, 15) is 13.2 Å². The van der Waals surface area contributed by atoms with Crippen molar-refractivity contribution in [2.24, 2.45) is 0 Å². The quantitative estimate of drug-likeness (QED) is 0.812. The van der Waals surface area contributed by atoms with E-state index in [4.69, 9.17) is 10.00 Å². The summed E-state index contributed by atoms with van der Waals surface area (Å²) in [5, 5.41) is 8.81. The summed E-state index contributed by atoms with van der Waals surface area (Å²) in [6, 6.07) is 8.57. The van der Waals surface area contributed by atoms with Gasteiger partial charge in [-0.05, 0) is 37.6 Å².